The van der Waals surface area contributed by atoms with Crippen molar-refractivity contribution in [1.29, 1.82) is 5.26 Å². The molecule has 1 N–H and O–H groups in total. The van der Waals surface area contributed by atoms with Crippen molar-refractivity contribution < 1.29 is 4.74 Å². The molecule has 0 aromatic rings. The molecule has 0 aromatic carbocycles. The van der Waals surface area contributed by atoms with E-state index in [1.54, 1.807) is 7.11 Å². The second kappa shape index (κ2) is 9.63. The van der Waals surface area contributed by atoms with E-state index < -0.39 is 0 Å². The molecule has 2 unspecified atom stereocenters. The highest BCUT2D eigenvalue weighted by Gasteiger charge is 2.42. The van der Waals surface area contributed by atoms with Crippen molar-refractivity contribution >= 4 is 11.8 Å². The van der Waals surface area contributed by atoms with Crippen LogP contribution in [0.2, 0.25) is 0 Å². The first kappa shape index (κ1) is 16.8. The predicted octanol–water partition coefficient (Wildman–Crippen LogP) is 3.21. The predicted molar refractivity (Wildman–Crippen MR) is 82.4 cm³/mol. The van der Waals surface area contributed by atoms with Gasteiger partial charge in [0.2, 0.25) is 0 Å². The van der Waals surface area contributed by atoms with E-state index in [1.165, 1.54) is 30.8 Å². The Labute approximate surface area is 122 Å². The Kier molecular flexibility index (Phi) is 8.52. The molecule has 19 heavy (non-hydrogen) atoms. The van der Waals surface area contributed by atoms with E-state index in [0.29, 0.717) is 5.92 Å². The molecule has 0 aromatic heterocycles. The standard InChI is InChI=1S/C15H28N2OS/c1-3-9-17-15(13-16)8-4-6-14(15)7-12-19-11-5-10-18-2/h14,17H,3-12H2,1-2H3. The van der Waals surface area contributed by atoms with E-state index in [4.69, 9.17) is 4.74 Å². The Morgan fingerprint density at radius 3 is 3.00 bits per heavy atom. The minimum Gasteiger partial charge on any atom is -0.385 e. The SMILES string of the molecule is CCCNC1(C#N)CCCC1CCSCCCOC. The first-order chi connectivity index (χ1) is 9.29. The number of thioether (sulfide) groups is 1. The number of hydrogen-bond acceptors (Lipinski definition) is 4. The minimum atomic E-state index is -0.233. The Morgan fingerprint density at radius 2 is 2.32 bits per heavy atom. The van der Waals surface area contributed by atoms with Gasteiger partial charge < -0.3 is 4.74 Å². The van der Waals surface area contributed by atoms with Gasteiger partial charge in [0.15, 0.2) is 0 Å². The fourth-order valence-electron chi connectivity index (χ4n) is 2.87. The van der Waals surface area contributed by atoms with Gasteiger partial charge in [-0.05, 0) is 56.1 Å². The van der Waals surface area contributed by atoms with E-state index in [-0.39, 0.29) is 5.54 Å². The summed E-state index contributed by atoms with van der Waals surface area (Å²) in [6.45, 7) is 3.98. The summed E-state index contributed by atoms with van der Waals surface area (Å²) in [5.41, 5.74) is -0.233. The lowest BCUT2D eigenvalue weighted by Gasteiger charge is -2.30. The maximum Gasteiger partial charge on any atom is 0.109 e. The highest BCUT2D eigenvalue weighted by molar-refractivity contribution is 7.99. The molecule has 3 nitrogen and oxygen atoms in total. The third-order valence-corrected chi connectivity index (χ3v) is 5.06. The van der Waals surface area contributed by atoms with Crippen LogP contribution >= 0.6 is 11.8 Å². The molecular weight excluding hydrogens is 256 g/mol. The van der Waals surface area contributed by atoms with E-state index in [1.807, 2.05) is 11.8 Å². The molecule has 1 fully saturated rings. The molecule has 1 rings (SSSR count). The topological polar surface area (TPSA) is 45.0 Å². The normalized spacial score (nSPS) is 26.5. The molecule has 0 spiro atoms. The number of nitrogens with zero attached hydrogens (tertiary/aromatic N) is 1. The maximum atomic E-state index is 9.55. The van der Waals surface area contributed by atoms with Crippen LogP contribution in [-0.4, -0.2) is 37.3 Å². The van der Waals surface area contributed by atoms with E-state index in [0.717, 1.165) is 32.4 Å². The second-order valence-electron chi connectivity index (χ2n) is 5.35. The minimum absolute atomic E-state index is 0.233. The number of methoxy groups -OCH3 is 1. The summed E-state index contributed by atoms with van der Waals surface area (Å²) >= 11 is 2.00. The molecular formula is C15H28N2OS. The van der Waals surface area contributed by atoms with E-state index >= 15 is 0 Å². The van der Waals surface area contributed by atoms with Crippen molar-refractivity contribution in [1.82, 2.24) is 5.32 Å². The molecule has 1 aliphatic rings. The molecule has 0 aliphatic heterocycles. The van der Waals surface area contributed by atoms with Gasteiger partial charge in [-0.15, -0.1) is 0 Å². The largest absolute Gasteiger partial charge is 0.385 e. The van der Waals surface area contributed by atoms with Gasteiger partial charge in [0, 0.05) is 13.7 Å². The molecule has 0 heterocycles. The van der Waals surface area contributed by atoms with Crippen LogP contribution < -0.4 is 5.32 Å². The molecule has 4 heteroatoms. The Bertz CT molecular complexity index is 280. The molecule has 0 radical (unpaired) electrons. The van der Waals surface area contributed by atoms with Gasteiger partial charge in [0.05, 0.1) is 6.07 Å². The molecule has 110 valence electrons. The number of ether oxygens (including phenoxy) is 1. The summed E-state index contributed by atoms with van der Waals surface area (Å²) in [5.74, 6) is 2.88. The van der Waals surface area contributed by atoms with Crippen LogP contribution in [0.1, 0.15) is 45.4 Å². The van der Waals surface area contributed by atoms with Crippen molar-refractivity contribution in [3.63, 3.8) is 0 Å². The summed E-state index contributed by atoms with van der Waals surface area (Å²) in [7, 11) is 1.75. The highest BCUT2D eigenvalue weighted by atomic mass is 32.2. The first-order valence-electron chi connectivity index (χ1n) is 7.52. The quantitative estimate of drug-likeness (QED) is 0.626. The fraction of sp³-hybridized carbons (Fsp3) is 0.933. The lowest BCUT2D eigenvalue weighted by atomic mass is 9.86. The second-order valence-corrected chi connectivity index (χ2v) is 6.57. The fourth-order valence-corrected chi connectivity index (χ4v) is 3.85. The summed E-state index contributed by atoms with van der Waals surface area (Å²) in [4.78, 5) is 0. The van der Waals surface area contributed by atoms with Crippen molar-refractivity contribution in [3.05, 3.63) is 0 Å². The van der Waals surface area contributed by atoms with Gasteiger partial charge in [0.25, 0.3) is 0 Å². The van der Waals surface area contributed by atoms with Crippen LogP contribution in [0.25, 0.3) is 0 Å². The zero-order chi connectivity index (χ0) is 14.0. The maximum absolute atomic E-state index is 9.55. The Balaban J connectivity index is 2.28. The molecule has 0 amide bonds. The lowest BCUT2D eigenvalue weighted by Crippen LogP contribution is -2.47. The van der Waals surface area contributed by atoms with Crippen LogP contribution in [-0.2, 0) is 4.74 Å². The van der Waals surface area contributed by atoms with Crippen molar-refractivity contribution in [2.75, 3.05) is 31.8 Å². The number of rotatable bonds is 10. The summed E-state index contributed by atoms with van der Waals surface area (Å²) in [6, 6.07) is 2.58. The monoisotopic (exact) mass is 284 g/mol. The van der Waals surface area contributed by atoms with Gasteiger partial charge in [-0.1, -0.05) is 13.3 Å². The number of nitrogens with one attached hydrogen (secondary N) is 1. The van der Waals surface area contributed by atoms with Crippen LogP contribution in [0.15, 0.2) is 0 Å². The van der Waals surface area contributed by atoms with Gasteiger partial charge in [-0.2, -0.15) is 17.0 Å². The molecule has 1 saturated carbocycles. The van der Waals surface area contributed by atoms with Gasteiger partial charge >= 0.3 is 0 Å². The number of nitriles is 1. The van der Waals surface area contributed by atoms with Crippen LogP contribution in [0.5, 0.6) is 0 Å². The van der Waals surface area contributed by atoms with Crippen molar-refractivity contribution in [2.45, 2.75) is 51.0 Å². The van der Waals surface area contributed by atoms with Crippen molar-refractivity contribution in [2.24, 2.45) is 5.92 Å². The summed E-state index contributed by atoms with van der Waals surface area (Å²) in [6.07, 6.45) is 6.84. The third-order valence-electron chi connectivity index (χ3n) is 3.96. The summed E-state index contributed by atoms with van der Waals surface area (Å²) in [5, 5.41) is 13.1. The van der Waals surface area contributed by atoms with E-state index in [9.17, 15) is 5.26 Å². The van der Waals surface area contributed by atoms with E-state index in [2.05, 4.69) is 18.3 Å². The first-order valence-corrected chi connectivity index (χ1v) is 8.67. The average Bonchev–Trinajstić information content (AvgIpc) is 2.84. The lowest BCUT2D eigenvalue weighted by molar-refractivity contribution is 0.200. The zero-order valence-corrected chi connectivity index (χ0v) is 13.2. The summed E-state index contributed by atoms with van der Waals surface area (Å²) < 4.78 is 5.05. The number of hydrogen-bond donors (Lipinski definition) is 1. The van der Waals surface area contributed by atoms with Gasteiger partial charge in [0.1, 0.15) is 5.54 Å². The molecule has 2 atom stereocenters. The molecule has 1 aliphatic carbocycles. The molecule has 0 saturated heterocycles. The average molecular weight is 284 g/mol. The Hall–Kier alpha value is -0.240. The Morgan fingerprint density at radius 1 is 1.47 bits per heavy atom. The van der Waals surface area contributed by atoms with Gasteiger partial charge in [-0.25, -0.2) is 0 Å². The smallest absolute Gasteiger partial charge is 0.109 e. The van der Waals surface area contributed by atoms with Crippen LogP contribution in [0.4, 0.5) is 0 Å². The highest BCUT2D eigenvalue weighted by Crippen LogP contribution is 2.38. The van der Waals surface area contributed by atoms with Gasteiger partial charge in [-0.3, -0.25) is 5.32 Å². The molecule has 0 bridgehead atoms. The van der Waals surface area contributed by atoms with Crippen LogP contribution in [0.3, 0.4) is 0 Å². The van der Waals surface area contributed by atoms with Crippen molar-refractivity contribution in [3.8, 4) is 6.07 Å². The third kappa shape index (κ3) is 5.33. The zero-order valence-electron chi connectivity index (χ0n) is 12.4. The van der Waals surface area contributed by atoms with Crippen LogP contribution in [0, 0.1) is 17.2 Å².